The van der Waals surface area contributed by atoms with Gasteiger partial charge in [-0.25, -0.2) is 0 Å². The number of benzene rings is 2. The molecule has 1 saturated heterocycles. The molecule has 0 aromatic heterocycles. The van der Waals surface area contributed by atoms with Gasteiger partial charge >= 0.3 is 0 Å². The number of hydrogen-bond donors (Lipinski definition) is 1. The molecule has 4 aliphatic carbocycles. The second kappa shape index (κ2) is 7.95. The molecule has 1 N–H and O–H groups in total. The van der Waals surface area contributed by atoms with Crippen molar-refractivity contribution in [3.63, 3.8) is 0 Å². The van der Waals surface area contributed by atoms with Gasteiger partial charge in [-0.05, 0) is 105 Å². The second-order valence-corrected chi connectivity index (χ2v) is 11.2. The molecule has 5 fully saturated rings. The van der Waals surface area contributed by atoms with Gasteiger partial charge < -0.3 is 14.8 Å². The number of rotatable bonds is 3. The molecule has 170 valence electrons. The molecule has 2 aromatic carbocycles. The lowest BCUT2D eigenvalue weighted by Crippen LogP contribution is -2.58. The highest BCUT2D eigenvalue weighted by molar-refractivity contribution is 5.85. The predicted octanol–water partition coefficient (Wildman–Crippen LogP) is 7.38. The molecular formula is C28H34ClNO2. The molecule has 4 saturated carbocycles. The van der Waals surface area contributed by atoms with Crippen molar-refractivity contribution in [1.29, 1.82) is 0 Å². The average molecular weight is 452 g/mol. The van der Waals surface area contributed by atoms with Gasteiger partial charge in [0, 0.05) is 29.8 Å². The van der Waals surface area contributed by atoms with E-state index < -0.39 is 0 Å². The molecule has 2 aromatic rings. The summed E-state index contributed by atoms with van der Waals surface area (Å²) in [4.78, 5) is 0. The van der Waals surface area contributed by atoms with Crippen LogP contribution in [0.3, 0.4) is 0 Å². The van der Waals surface area contributed by atoms with Crippen LogP contribution in [-0.2, 0) is 4.74 Å². The Kier molecular flexibility index (Phi) is 5.19. The molecule has 0 unspecified atom stereocenters. The minimum absolute atomic E-state index is 0. The Morgan fingerprint density at radius 1 is 0.875 bits per heavy atom. The third-order valence-corrected chi connectivity index (χ3v) is 9.16. The fourth-order valence-electron chi connectivity index (χ4n) is 8.50. The first-order chi connectivity index (χ1) is 15.3. The van der Waals surface area contributed by atoms with Gasteiger partial charge in [-0.3, -0.25) is 0 Å². The average Bonchev–Trinajstić information content (AvgIpc) is 2.78. The first-order valence-electron chi connectivity index (χ1n) is 12.5. The van der Waals surface area contributed by atoms with E-state index in [1.807, 2.05) is 30.3 Å². The maximum atomic E-state index is 6.51. The number of para-hydroxylation sites is 1. The lowest BCUT2D eigenvalue weighted by Gasteiger charge is -2.62. The topological polar surface area (TPSA) is 30.5 Å². The molecule has 4 heteroatoms. The number of hydrogen-bond acceptors (Lipinski definition) is 3. The van der Waals surface area contributed by atoms with Crippen LogP contribution < -0.4 is 10.1 Å². The van der Waals surface area contributed by atoms with Crippen LogP contribution in [0, 0.1) is 29.1 Å². The predicted molar refractivity (Wildman–Crippen MR) is 130 cm³/mol. The third-order valence-electron chi connectivity index (χ3n) is 9.16. The quantitative estimate of drug-likeness (QED) is 0.528. The van der Waals surface area contributed by atoms with Gasteiger partial charge in [-0.15, -0.1) is 12.4 Å². The van der Waals surface area contributed by atoms with E-state index in [0.717, 1.165) is 35.9 Å². The van der Waals surface area contributed by atoms with Crippen molar-refractivity contribution in [1.82, 2.24) is 0 Å². The zero-order valence-corrected chi connectivity index (χ0v) is 19.5. The molecule has 3 atom stereocenters. The van der Waals surface area contributed by atoms with Gasteiger partial charge in [0.25, 0.3) is 0 Å². The lowest BCUT2D eigenvalue weighted by molar-refractivity contribution is -0.108. The van der Waals surface area contributed by atoms with E-state index in [4.69, 9.17) is 9.47 Å². The molecule has 2 aliphatic heterocycles. The number of ether oxygens (including phenoxy) is 2. The zero-order valence-electron chi connectivity index (χ0n) is 18.7. The highest BCUT2D eigenvalue weighted by Crippen LogP contribution is 2.64. The zero-order chi connectivity index (χ0) is 20.4. The molecule has 3 nitrogen and oxygen atoms in total. The SMILES string of the molecule is Cl.c1ccc(Oc2ccc3c(c2)[C@H]2OCCC[C@H]2[C@H](C24CC5CC(CC(C5)C2)C4)N3)cc1. The number of halogens is 1. The number of anilines is 1. The lowest BCUT2D eigenvalue weighted by atomic mass is 9.46. The molecule has 32 heavy (non-hydrogen) atoms. The first-order valence-corrected chi connectivity index (χ1v) is 12.5. The Morgan fingerprint density at radius 2 is 1.59 bits per heavy atom. The first kappa shape index (κ1) is 20.9. The van der Waals surface area contributed by atoms with Crippen molar-refractivity contribution >= 4 is 18.1 Å². The van der Waals surface area contributed by atoms with Crippen LogP contribution in [-0.4, -0.2) is 12.6 Å². The fourth-order valence-corrected chi connectivity index (χ4v) is 8.50. The van der Waals surface area contributed by atoms with E-state index in [1.165, 1.54) is 62.6 Å². The van der Waals surface area contributed by atoms with Crippen LogP contribution in [0.2, 0.25) is 0 Å². The molecule has 0 radical (unpaired) electrons. The minimum Gasteiger partial charge on any atom is -0.457 e. The van der Waals surface area contributed by atoms with Gasteiger partial charge in [0.15, 0.2) is 0 Å². The summed E-state index contributed by atoms with van der Waals surface area (Å²) in [6.45, 7) is 0.887. The monoisotopic (exact) mass is 451 g/mol. The molecular weight excluding hydrogens is 418 g/mol. The molecule has 6 aliphatic rings. The van der Waals surface area contributed by atoms with Crippen LogP contribution in [0.1, 0.15) is 63.0 Å². The summed E-state index contributed by atoms with van der Waals surface area (Å²) >= 11 is 0. The van der Waals surface area contributed by atoms with E-state index in [0.29, 0.717) is 17.4 Å². The van der Waals surface area contributed by atoms with Crippen molar-refractivity contribution in [2.24, 2.45) is 29.1 Å². The highest BCUT2D eigenvalue weighted by Gasteiger charge is 2.58. The maximum absolute atomic E-state index is 6.51. The number of nitrogens with one attached hydrogen (secondary N) is 1. The molecule has 2 heterocycles. The van der Waals surface area contributed by atoms with Gasteiger partial charge in [-0.2, -0.15) is 0 Å². The van der Waals surface area contributed by atoms with Crippen molar-refractivity contribution < 1.29 is 9.47 Å². The van der Waals surface area contributed by atoms with Crippen LogP contribution >= 0.6 is 12.4 Å². The third kappa shape index (κ3) is 3.35. The van der Waals surface area contributed by atoms with Crippen molar-refractivity contribution in [2.45, 2.75) is 63.5 Å². The number of fused-ring (bicyclic) bond motifs is 3. The largest absolute Gasteiger partial charge is 0.457 e. The van der Waals surface area contributed by atoms with Crippen LogP contribution in [0.15, 0.2) is 48.5 Å². The van der Waals surface area contributed by atoms with Crippen LogP contribution in [0.25, 0.3) is 0 Å². The molecule has 0 amide bonds. The Balaban J connectivity index is 0.00000196. The van der Waals surface area contributed by atoms with E-state index in [2.05, 4.69) is 23.5 Å². The Morgan fingerprint density at radius 3 is 2.31 bits per heavy atom. The Labute approximate surface area is 197 Å². The summed E-state index contributed by atoms with van der Waals surface area (Å²) in [5.41, 5.74) is 3.08. The van der Waals surface area contributed by atoms with Gasteiger partial charge in [0.05, 0.1) is 6.10 Å². The van der Waals surface area contributed by atoms with Gasteiger partial charge in [-0.1, -0.05) is 18.2 Å². The molecule has 4 bridgehead atoms. The molecule has 0 spiro atoms. The standard InChI is InChI=1S/C28H33NO2.ClH/c1-2-5-21(6-3-1)31-22-8-9-25-24(14-22)26-23(7-4-10-30-26)27(29-25)28-15-18-11-19(16-28)13-20(12-18)17-28;/h1-3,5-6,8-9,14,18-20,23,26-27,29H,4,7,10-13,15-17H2;1H/t18?,19?,20?,23-,26+,27-,28?;/m1./s1. The van der Waals surface area contributed by atoms with Gasteiger partial charge in [0.2, 0.25) is 0 Å². The highest BCUT2D eigenvalue weighted by atomic mass is 35.5. The summed E-state index contributed by atoms with van der Waals surface area (Å²) < 4.78 is 12.7. The summed E-state index contributed by atoms with van der Waals surface area (Å²) in [6, 6.07) is 17.3. The van der Waals surface area contributed by atoms with Crippen LogP contribution in [0.5, 0.6) is 11.5 Å². The van der Waals surface area contributed by atoms with E-state index >= 15 is 0 Å². The summed E-state index contributed by atoms with van der Waals surface area (Å²) in [5.74, 6) is 5.34. The normalized spacial score (nSPS) is 38.8. The Hall–Kier alpha value is -1.71. The van der Waals surface area contributed by atoms with E-state index in [1.54, 1.807) is 0 Å². The van der Waals surface area contributed by atoms with Crippen molar-refractivity contribution in [3.05, 3.63) is 54.1 Å². The second-order valence-electron chi connectivity index (χ2n) is 11.2. The summed E-state index contributed by atoms with van der Waals surface area (Å²) in [6.07, 6.45) is 11.6. The van der Waals surface area contributed by atoms with Crippen molar-refractivity contribution in [2.75, 3.05) is 11.9 Å². The van der Waals surface area contributed by atoms with E-state index in [-0.39, 0.29) is 18.5 Å². The summed E-state index contributed by atoms with van der Waals surface area (Å²) in [5, 5.41) is 4.11. The van der Waals surface area contributed by atoms with Crippen molar-refractivity contribution in [3.8, 4) is 11.5 Å². The fraction of sp³-hybridized carbons (Fsp3) is 0.571. The smallest absolute Gasteiger partial charge is 0.127 e. The minimum atomic E-state index is 0. The molecule has 8 rings (SSSR count). The Bertz CT molecular complexity index is 941. The van der Waals surface area contributed by atoms with E-state index in [9.17, 15) is 0 Å². The van der Waals surface area contributed by atoms with Gasteiger partial charge in [0.1, 0.15) is 11.5 Å². The maximum Gasteiger partial charge on any atom is 0.127 e. The van der Waals surface area contributed by atoms with Crippen LogP contribution in [0.4, 0.5) is 5.69 Å². The summed E-state index contributed by atoms with van der Waals surface area (Å²) in [7, 11) is 0.